The van der Waals surface area contributed by atoms with Crippen molar-refractivity contribution >= 4 is 11.8 Å². The molecule has 1 fully saturated rings. The van der Waals surface area contributed by atoms with Crippen LogP contribution in [0.4, 0.5) is 0 Å². The molecule has 2 atom stereocenters. The fourth-order valence-electron chi connectivity index (χ4n) is 1.30. The lowest BCUT2D eigenvalue weighted by molar-refractivity contribution is -0.00560. The molecule has 0 amide bonds. The molecule has 84 valence electrons. The van der Waals surface area contributed by atoms with Crippen LogP contribution < -0.4 is 11.3 Å². The first kappa shape index (κ1) is 12.3. The molecule has 5 heteroatoms. The third-order valence-electron chi connectivity index (χ3n) is 2.11. The van der Waals surface area contributed by atoms with Crippen molar-refractivity contribution < 1.29 is 9.47 Å². The van der Waals surface area contributed by atoms with Gasteiger partial charge in [-0.15, -0.1) is 0 Å². The van der Waals surface area contributed by atoms with E-state index in [1.54, 1.807) is 0 Å². The molecule has 0 saturated carbocycles. The second kappa shape index (κ2) is 6.63. The van der Waals surface area contributed by atoms with E-state index in [1.807, 2.05) is 25.6 Å². The summed E-state index contributed by atoms with van der Waals surface area (Å²) in [7, 11) is 0. The van der Waals surface area contributed by atoms with Gasteiger partial charge in [0.25, 0.3) is 0 Å². The zero-order chi connectivity index (χ0) is 10.4. The van der Waals surface area contributed by atoms with Crippen LogP contribution in [0.3, 0.4) is 0 Å². The van der Waals surface area contributed by atoms with E-state index in [9.17, 15) is 0 Å². The molecule has 2 unspecified atom stereocenters. The maximum absolute atomic E-state index is 5.62. The predicted molar refractivity (Wildman–Crippen MR) is 59.3 cm³/mol. The number of nitrogens with one attached hydrogen (secondary N) is 1. The second-order valence-corrected chi connectivity index (χ2v) is 4.79. The smallest absolute Gasteiger partial charge is 0.0854 e. The maximum atomic E-state index is 5.62. The van der Waals surface area contributed by atoms with Gasteiger partial charge in [0.2, 0.25) is 0 Å². The Morgan fingerprint density at radius 1 is 1.64 bits per heavy atom. The minimum Gasteiger partial charge on any atom is -0.377 e. The van der Waals surface area contributed by atoms with Gasteiger partial charge < -0.3 is 9.47 Å². The van der Waals surface area contributed by atoms with Crippen LogP contribution in [0.5, 0.6) is 0 Å². The third kappa shape index (κ3) is 4.14. The molecule has 0 aromatic carbocycles. The Kier molecular flexibility index (Phi) is 5.81. The minimum atomic E-state index is 0.102. The van der Waals surface area contributed by atoms with Crippen molar-refractivity contribution in [3.8, 4) is 0 Å². The van der Waals surface area contributed by atoms with Crippen molar-refractivity contribution in [3.05, 3.63) is 0 Å². The first-order chi connectivity index (χ1) is 6.74. The second-order valence-electron chi connectivity index (χ2n) is 3.64. The van der Waals surface area contributed by atoms with Crippen LogP contribution in [0.1, 0.15) is 13.8 Å². The molecule has 1 rings (SSSR count). The number of hydrogen-bond acceptors (Lipinski definition) is 5. The Morgan fingerprint density at radius 2 is 2.43 bits per heavy atom. The Hall–Kier alpha value is 0.190. The summed E-state index contributed by atoms with van der Waals surface area (Å²) in [6.45, 7) is 5.46. The molecule has 4 nitrogen and oxygen atoms in total. The highest BCUT2D eigenvalue weighted by atomic mass is 32.2. The highest BCUT2D eigenvalue weighted by Gasteiger charge is 2.24. The van der Waals surface area contributed by atoms with Crippen LogP contribution in [0.15, 0.2) is 0 Å². The summed E-state index contributed by atoms with van der Waals surface area (Å²) in [6.07, 6.45) is 0.416. The van der Waals surface area contributed by atoms with E-state index in [1.165, 1.54) is 0 Å². The standard InChI is InChI=1S/C9H20N2O2S/c1-7(2)13-5-8(11-10)9-6-14-4-3-12-9/h7-9,11H,3-6,10H2,1-2H3. The molecular weight excluding hydrogens is 200 g/mol. The lowest BCUT2D eigenvalue weighted by atomic mass is 10.2. The quantitative estimate of drug-likeness (QED) is 0.518. The Labute approximate surface area is 89.9 Å². The van der Waals surface area contributed by atoms with Gasteiger partial charge in [-0.25, -0.2) is 0 Å². The van der Waals surface area contributed by atoms with Crippen LogP contribution in [-0.2, 0) is 9.47 Å². The molecule has 1 saturated heterocycles. The lowest BCUT2D eigenvalue weighted by Crippen LogP contribution is -2.50. The summed E-state index contributed by atoms with van der Waals surface area (Å²) >= 11 is 1.90. The Balaban J connectivity index is 2.28. The maximum Gasteiger partial charge on any atom is 0.0854 e. The zero-order valence-electron chi connectivity index (χ0n) is 8.86. The topological polar surface area (TPSA) is 56.5 Å². The normalized spacial score (nSPS) is 25.3. The molecular formula is C9H20N2O2S. The monoisotopic (exact) mass is 220 g/mol. The number of hydrogen-bond donors (Lipinski definition) is 2. The van der Waals surface area contributed by atoms with Gasteiger partial charge >= 0.3 is 0 Å². The van der Waals surface area contributed by atoms with Crippen molar-refractivity contribution in [3.63, 3.8) is 0 Å². The molecule has 0 aromatic rings. The SMILES string of the molecule is CC(C)OCC(NN)C1CSCCO1. The van der Waals surface area contributed by atoms with Crippen molar-refractivity contribution in [2.24, 2.45) is 5.84 Å². The van der Waals surface area contributed by atoms with Gasteiger partial charge in [0.05, 0.1) is 31.5 Å². The molecule has 0 aromatic heterocycles. The van der Waals surface area contributed by atoms with Gasteiger partial charge in [0.15, 0.2) is 0 Å². The van der Waals surface area contributed by atoms with Gasteiger partial charge in [-0.1, -0.05) is 0 Å². The van der Waals surface area contributed by atoms with Crippen LogP contribution in [0, 0.1) is 0 Å². The van der Waals surface area contributed by atoms with E-state index in [0.717, 1.165) is 18.1 Å². The average molecular weight is 220 g/mol. The summed E-state index contributed by atoms with van der Waals surface area (Å²) < 4.78 is 11.1. The number of thioether (sulfide) groups is 1. The van der Waals surface area contributed by atoms with Crippen molar-refractivity contribution in [1.29, 1.82) is 0 Å². The van der Waals surface area contributed by atoms with Crippen LogP contribution in [0.2, 0.25) is 0 Å². The van der Waals surface area contributed by atoms with Crippen LogP contribution >= 0.6 is 11.8 Å². The van der Waals surface area contributed by atoms with E-state index in [2.05, 4.69) is 5.43 Å². The molecule has 1 aliphatic rings. The predicted octanol–water partition coefficient (Wildman–Crippen LogP) is 0.375. The number of rotatable bonds is 5. The summed E-state index contributed by atoms with van der Waals surface area (Å²) in [5.74, 6) is 7.55. The number of nitrogens with two attached hydrogens (primary N) is 1. The first-order valence-electron chi connectivity index (χ1n) is 5.01. The summed E-state index contributed by atoms with van der Waals surface area (Å²) in [5.41, 5.74) is 2.76. The number of hydrazine groups is 1. The van der Waals surface area contributed by atoms with Crippen molar-refractivity contribution in [2.75, 3.05) is 24.7 Å². The molecule has 0 bridgehead atoms. The Morgan fingerprint density at radius 3 is 2.93 bits per heavy atom. The highest BCUT2D eigenvalue weighted by Crippen LogP contribution is 2.15. The summed E-state index contributed by atoms with van der Waals surface area (Å²) in [6, 6.07) is 0.102. The van der Waals surface area contributed by atoms with E-state index >= 15 is 0 Å². The van der Waals surface area contributed by atoms with E-state index in [0.29, 0.717) is 6.61 Å². The van der Waals surface area contributed by atoms with Gasteiger partial charge in [-0.3, -0.25) is 11.3 Å². The minimum absolute atomic E-state index is 0.102. The van der Waals surface area contributed by atoms with Gasteiger partial charge in [-0.2, -0.15) is 11.8 Å². The molecule has 14 heavy (non-hydrogen) atoms. The molecule has 1 aliphatic heterocycles. The fraction of sp³-hybridized carbons (Fsp3) is 1.00. The third-order valence-corrected chi connectivity index (χ3v) is 3.13. The highest BCUT2D eigenvalue weighted by molar-refractivity contribution is 7.99. The molecule has 0 spiro atoms. The fourth-order valence-corrected chi connectivity index (χ4v) is 2.24. The van der Waals surface area contributed by atoms with Gasteiger partial charge in [0, 0.05) is 11.5 Å². The van der Waals surface area contributed by atoms with E-state index in [4.69, 9.17) is 15.3 Å². The number of ether oxygens (including phenoxy) is 2. The van der Waals surface area contributed by atoms with E-state index in [-0.39, 0.29) is 18.2 Å². The van der Waals surface area contributed by atoms with Crippen LogP contribution in [-0.4, -0.2) is 43.0 Å². The summed E-state index contributed by atoms with van der Waals surface area (Å²) in [5, 5.41) is 0. The average Bonchev–Trinajstić information content (AvgIpc) is 2.20. The van der Waals surface area contributed by atoms with Crippen molar-refractivity contribution in [2.45, 2.75) is 32.1 Å². The lowest BCUT2D eigenvalue weighted by Gasteiger charge is -2.29. The van der Waals surface area contributed by atoms with Crippen molar-refractivity contribution in [1.82, 2.24) is 5.43 Å². The molecule has 0 radical (unpaired) electrons. The van der Waals surface area contributed by atoms with Gasteiger partial charge in [-0.05, 0) is 13.8 Å². The molecule has 0 aliphatic carbocycles. The van der Waals surface area contributed by atoms with E-state index < -0.39 is 0 Å². The summed E-state index contributed by atoms with van der Waals surface area (Å²) in [4.78, 5) is 0. The largest absolute Gasteiger partial charge is 0.377 e. The molecule has 1 heterocycles. The van der Waals surface area contributed by atoms with Gasteiger partial charge in [0.1, 0.15) is 0 Å². The molecule has 3 N–H and O–H groups in total. The zero-order valence-corrected chi connectivity index (χ0v) is 9.68. The Bertz CT molecular complexity index is 152. The van der Waals surface area contributed by atoms with Crippen LogP contribution in [0.25, 0.3) is 0 Å². The first-order valence-corrected chi connectivity index (χ1v) is 6.16.